The van der Waals surface area contributed by atoms with Crippen LogP contribution >= 0.6 is 0 Å². The van der Waals surface area contributed by atoms with Gasteiger partial charge in [-0.2, -0.15) is 0 Å². The highest BCUT2D eigenvalue weighted by Crippen LogP contribution is 2.28. The lowest BCUT2D eigenvalue weighted by Gasteiger charge is -2.25. The van der Waals surface area contributed by atoms with Gasteiger partial charge in [-0.15, -0.1) is 0 Å². The number of anilines is 1. The second-order valence-corrected chi connectivity index (χ2v) is 8.32. The molecule has 0 aliphatic carbocycles. The summed E-state index contributed by atoms with van der Waals surface area (Å²) < 4.78 is 5.34. The van der Waals surface area contributed by atoms with Gasteiger partial charge in [0.05, 0.1) is 19.3 Å². The van der Waals surface area contributed by atoms with E-state index in [0.29, 0.717) is 42.3 Å². The lowest BCUT2D eigenvalue weighted by molar-refractivity contribution is -0.126. The molecular formula is C24H27N5O4. The summed E-state index contributed by atoms with van der Waals surface area (Å²) in [5.41, 5.74) is 5.92. The number of carbonyl (C=O) groups is 2. The number of ether oxygens (including phenoxy) is 1. The summed E-state index contributed by atoms with van der Waals surface area (Å²) in [5.74, 6) is 6.06. The lowest BCUT2D eigenvalue weighted by atomic mass is 9.88. The summed E-state index contributed by atoms with van der Waals surface area (Å²) in [6.07, 6.45) is 2.44. The Morgan fingerprint density at radius 1 is 1.39 bits per heavy atom. The van der Waals surface area contributed by atoms with Gasteiger partial charge in [0.2, 0.25) is 5.91 Å². The Hall–Kier alpha value is -3.48. The van der Waals surface area contributed by atoms with Gasteiger partial charge in [-0.3, -0.25) is 9.59 Å². The monoisotopic (exact) mass is 449 g/mol. The normalized spacial score (nSPS) is 22.1. The van der Waals surface area contributed by atoms with Crippen molar-refractivity contribution in [2.45, 2.75) is 25.3 Å². The van der Waals surface area contributed by atoms with Crippen LogP contribution in [0.1, 0.15) is 35.3 Å². The molecule has 1 unspecified atom stereocenters. The maximum Gasteiger partial charge on any atom is 0.267 e. The number of hydrogen-bond donors (Lipinski definition) is 3. The number of nitrogens with two attached hydrogens (primary N) is 1. The van der Waals surface area contributed by atoms with E-state index in [9.17, 15) is 14.7 Å². The molecule has 1 aromatic heterocycles. The summed E-state index contributed by atoms with van der Waals surface area (Å²) in [5, 5.41) is 12.5. The third kappa shape index (κ3) is 4.67. The van der Waals surface area contributed by atoms with Gasteiger partial charge in [0, 0.05) is 37.4 Å². The van der Waals surface area contributed by atoms with Gasteiger partial charge < -0.3 is 25.8 Å². The average Bonchev–Trinajstić information content (AvgIpc) is 3.44. The van der Waals surface area contributed by atoms with Crippen LogP contribution in [-0.4, -0.2) is 66.3 Å². The standard InChI is InChI=1S/C24H27N5O4/c1-33-14-18-6-3-11-29(18)20-13-19(21(25)31)27-22(28-20)17-5-2-4-16(12-17)7-8-24(15-30)9-10-26-23(24)32/h2,4-5,12-13,18,30H,3,6,9-11,14-15H2,1H3,(H2,25,31)(H,26,32)/t18?,24-/m0/s1. The highest BCUT2D eigenvalue weighted by molar-refractivity contribution is 5.92. The molecule has 2 aliphatic heterocycles. The second kappa shape index (κ2) is 9.57. The van der Waals surface area contributed by atoms with Gasteiger partial charge in [0.1, 0.15) is 16.9 Å². The SMILES string of the molecule is COCC1CCCN1c1cc(C(N)=O)nc(-c2cccc(C#C[C@@]3(CO)CCNC3=O)c2)n1. The van der Waals surface area contributed by atoms with Crippen LogP contribution in [0.25, 0.3) is 11.4 Å². The molecule has 9 nitrogen and oxygen atoms in total. The number of benzene rings is 1. The van der Waals surface area contributed by atoms with E-state index in [2.05, 4.69) is 27.0 Å². The molecule has 2 saturated heterocycles. The molecule has 172 valence electrons. The summed E-state index contributed by atoms with van der Waals surface area (Å²) in [6, 6.07) is 9.03. The maximum absolute atomic E-state index is 12.1. The average molecular weight is 450 g/mol. The summed E-state index contributed by atoms with van der Waals surface area (Å²) >= 11 is 0. The van der Waals surface area contributed by atoms with Crippen LogP contribution in [0.15, 0.2) is 30.3 Å². The quantitative estimate of drug-likeness (QED) is 0.554. The molecule has 9 heteroatoms. The lowest BCUT2D eigenvalue weighted by Crippen LogP contribution is -2.34. The zero-order valence-corrected chi connectivity index (χ0v) is 18.5. The molecule has 2 fully saturated rings. The second-order valence-electron chi connectivity index (χ2n) is 8.32. The van der Waals surface area contributed by atoms with Crippen LogP contribution in [0.4, 0.5) is 5.82 Å². The number of primary amides is 1. The highest BCUT2D eigenvalue weighted by Gasteiger charge is 2.40. The smallest absolute Gasteiger partial charge is 0.267 e. The van der Waals surface area contributed by atoms with Crippen LogP contribution in [0, 0.1) is 17.3 Å². The van der Waals surface area contributed by atoms with Crippen molar-refractivity contribution in [2.24, 2.45) is 11.1 Å². The molecule has 0 radical (unpaired) electrons. The van der Waals surface area contributed by atoms with Crippen LogP contribution in [0.2, 0.25) is 0 Å². The summed E-state index contributed by atoms with van der Waals surface area (Å²) in [7, 11) is 1.67. The molecular weight excluding hydrogens is 422 g/mol. The van der Waals surface area contributed by atoms with Crippen molar-refractivity contribution in [1.82, 2.24) is 15.3 Å². The van der Waals surface area contributed by atoms with E-state index >= 15 is 0 Å². The largest absolute Gasteiger partial charge is 0.394 e. The van der Waals surface area contributed by atoms with Crippen molar-refractivity contribution in [2.75, 3.05) is 38.3 Å². The van der Waals surface area contributed by atoms with E-state index in [1.54, 1.807) is 19.2 Å². The predicted molar refractivity (Wildman–Crippen MR) is 122 cm³/mol. The minimum Gasteiger partial charge on any atom is -0.394 e. The van der Waals surface area contributed by atoms with Gasteiger partial charge in [-0.25, -0.2) is 9.97 Å². The van der Waals surface area contributed by atoms with Crippen LogP contribution in [0.3, 0.4) is 0 Å². The van der Waals surface area contributed by atoms with Crippen molar-refractivity contribution in [1.29, 1.82) is 0 Å². The Morgan fingerprint density at radius 3 is 2.94 bits per heavy atom. The Balaban J connectivity index is 1.70. The molecule has 3 heterocycles. The van der Waals surface area contributed by atoms with Gasteiger partial charge in [-0.05, 0) is 31.4 Å². The molecule has 2 amide bonds. The van der Waals surface area contributed by atoms with Crippen LogP contribution < -0.4 is 16.0 Å². The van der Waals surface area contributed by atoms with Gasteiger partial charge in [-0.1, -0.05) is 24.0 Å². The molecule has 1 aromatic carbocycles. The van der Waals surface area contributed by atoms with Gasteiger partial charge >= 0.3 is 0 Å². The number of amides is 2. The van der Waals surface area contributed by atoms with Crippen molar-refractivity contribution >= 4 is 17.6 Å². The van der Waals surface area contributed by atoms with E-state index in [1.807, 2.05) is 18.2 Å². The Bertz CT molecular complexity index is 1130. The summed E-state index contributed by atoms with van der Waals surface area (Å²) in [6.45, 7) is 1.53. The van der Waals surface area contributed by atoms with Crippen molar-refractivity contribution in [3.05, 3.63) is 41.6 Å². The van der Waals surface area contributed by atoms with E-state index in [4.69, 9.17) is 15.5 Å². The number of aromatic nitrogens is 2. The first-order valence-corrected chi connectivity index (χ1v) is 10.9. The number of nitrogens with zero attached hydrogens (tertiary/aromatic N) is 3. The highest BCUT2D eigenvalue weighted by atomic mass is 16.5. The fraction of sp³-hybridized carbons (Fsp3) is 0.417. The number of carbonyl (C=O) groups excluding carboxylic acids is 2. The van der Waals surface area contributed by atoms with Crippen LogP contribution in [-0.2, 0) is 9.53 Å². The number of methoxy groups -OCH3 is 1. The topological polar surface area (TPSA) is 131 Å². The van der Waals surface area contributed by atoms with Gasteiger partial charge in [0.15, 0.2) is 5.82 Å². The molecule has 4 rings (SSSR count). The maximum atomic E-state index is 12.1. The molecule has 2 aromatic rings. The third-order valence-electron chi connectivity index (χ3n) is 6.10. The summed E-state index contributed by atoms with van der Waals surface area (Å²) in [4.78, 5) is 35.3. The fourth-order valence-electron chi connectivity index (χ4n) is 4.25. The van der Waals surface area contributed by atoms with Crippen LogP contribution in [0.5, 0.6) is 0 Å². The Kier molecular flexibility index (Phi) is 6.58. The predicted octanol–water partition coefficient (Wildman–Crippen LogP) is 0.708. The minimum atomic E-state index is -1.09. The van der Waals surface area contributed by atoms with E-state index in [1.165, 1.54) is 0 Å². The first kappa shape index (κ1) is 22.7. The number of rotatable bonds is 6. The number of aliphatic hydroxyl groups is 1. The third-order valence-corrected chi connectivity index (χ3v) is 6.10. The molecule has 2 aliphatic rings. The molecule has 0 spiro atoms. The number of aliphatic hydroxyl groups excluding tert-OH is 1. The van der Waals surface area contributed by atoms with Gasteiger partial charge in [0.25, 0.3) is 5.91 Å². The van der Waals surface area contributed by atoms with Crippen molar-refractivity contribution in [3.63, 3.8) is 0 Å². The minimum absolute atomic E-state index is 0.136. The first-order chi connectivity index (χ1) is 16.0. The Labute approximate surface area is 192 Å². The Morgan fingerprint density at radius 2 is 2.24 bits per heavy atom. The van der Waals surface area contributed by atoms with Crippen molar-refractivity contribution < 1.29 is 19.4 Å². The molecule has 2 atom stereocenters. The van der Waals surface area contributed by atoms with Crippen molar-refractivity contribution in [3.8, 4) is 23.2 Å². The molecule has 33 heavy (non-hydrogen) atoms. The molecule has 0 bridgehead atoms. The fourth-order valence-corrected chi connectivity index (χ4v) is 4.25. The zero-order valence-electron chi connectivity index (χ0n) is 18.5. The number of hydrogen-bond acceptors (Lipinski definition) is 7. The first-order valence-electron chi connectivity index (χ1n) is 10.9. The van der Waals surface area contributed by atoms with E-state index in [0.717, 1.165) is 19.4 Å². The zero-order chi connectivity index (χ0) is 23.4. The molecule has 0 saturated carbocycles. The van der Waals surface area contributed by atoms with E-state index in [-0.39, 0.29) is 24.2 Å². The van der Waals surface area contributed by atoms with E-state index < -0.39 is 11.3 Å². The number of nitrogens with one attached hydrogen (secondary N) is 1. The molecule has 4 N–H and O–H groups in total.